The van der Waals surface area contributed by atoms with Gasteiger partial charge in [-0.05, 0) is 28.3 Å². The van der Waals surface area contributed by atoms with Gasteiger partial charge in [0.15, 0.2) is 5.82 Å². The van der Waals surface area contributed by atoms with Crippen molar-refractivity contribution in [2.45, 2.75) is 39.2 Å². The van der Waals surface area contributed by atoms with Crippen LogP contribution in [0.15, 0.2) is 4.47 Å². The van der Waals surface area contributed by atoms with Gasteiger partial charge in [-0.2, -0.15) is 8.78 Å². The molecule has 0 saturated carbocycles. The zero-order valence-electron chi connectivity index (χ0n) is 11.3. The van der Waals surface area contributed by atoms with Crippen molar-refractivity contribution in [3.8, 4) is 0 Å². The maximum atomic E-state index is 12.7. The van der Waals surface area contributed by atoms with E-state index in [9.17, 15) is 17.6 Å². The van der Waals surface area contributed by atoms with Crippen LogP contribution in [0.5, 0.6) is 0 Å². The minimum atomic E-state index is -4.19. The summed E-state index contributed by atoms with van der Waals surface area (Å²) < 4.78 is 54.4. The number of hydrogen-bond donors (Lipinski definition) is 0. The van der Waals surface area contributed by atoms with Crippen LogP contribution in [0.3, 0.4) is 0 Å². The molecule has 0 spiro atoms. The third kappa shape index (κ3) is 5.67. The third-order valence-electron chi connectivity index (χ3n) is 2.37. The van der Waals surface area contributed by atoms with Crippen LogP contribution in [0, 0.1) is 5.92 Å². The van der Waals surface area contributed by atoms with Crippen LogP contribution in [0.25, 0.3) is 0 Å². The molecule has 0 aliphatic rings. The van der Waals surface area contributed by atoms with Gasteiger partial charge in [0, 0.05) is 0 Å². The van der Waals surface area contributed by atoms with Gasteiger partial charge in [-0.1, -0.05) is 25.4 Å². The fourth-order valence-electron chi connectivity index (χ4n) is 1.44. The molecule has 1 rings (SSSR count). The van der Waals surface area contributed by atoms with Crippen molar-refractivity contribution >= 4 is 27.5 Å². The first-order chi connectivity index (χ1) is 9.63. The fraction of sp³-hybridized carbons (Fsp3) is 0.667. The molecule has 0 aliphatic heterocycles. The largest absolute Gasteiger partial charge is 0.367 e. The van der Waals surface area contributed by atoms with Crippen molar-refractivity contribution < 1.29 is 22.3 Å². The molecule has 0 radical (unpaired) electrons. The fourth-order valence-corrected chi connectivity index (χ4v) is 1.99. The maximum absolute atomic E-state index is 12.7. The summed E-state index contributed by atoms with van der Waals surface area (Å²) in [5.74, 6) is -3.83. The Morgan fingerprint density at radius 3 is 2.43 bits per heavy atom. The summed E-state index contributed by atoms with van der Waals surface area (Å²) in [6.07, 6.45) is -3.17. The molecule has 0 aromatic carbocycles. The van der Waals surface area contributed by atoms with Gasteiger partial charge >= 0.3 is 12.3 Å². The van der Waals surface area contributed by atoms with Crippen molar-refractivity contribution in [2.75, 3.05) is 6.61 Å². The average molecular weight is 394 g/mol. The highest BCUT2D eigenvalue weighted by atomic mass is 79.9. The molecule has 0 bridgehead atoms. The molecule has 9 heteroatoms. The Bertz CT molecular complexity index is 489. The van der Waals surface area contributed by atoms with Crippen LogP contribution < -0.4 is 0 Å². The van der Waals surface area contributed by atoms with E-state index in [1.807, 2.05) is 13.8 Å². The molecule has 0 aliphatic carbocycles. The topological polar surface area (TPSA) is 35.0 Å². The molecule has 1 aromatic heterocycles. The summed E-state index contributed by atoms with van der Waals surface area (Å²) in [4.78, 5) is 7.99. The van der Waals surface area contributed by atoms with Crippen molar-refractivity contribution in [3.05, 3.63) is 21.1 Å². The highest BCUT2D eigenvalue weighted by Crippen LogP contribution is 2.26. The van der Waals surface area contributed by atoms with Gasteiger partial charge in [0.1, 0.15) is 18.4 Å². The third-order valence-corrected chi connectivity index (χ3v) is 3.71. The van der Waals surface area contributed by atoms with Crippen LogP contribution in [-0.4, -0.2) is 28.9 Å². The van der Waals surface area contributed by atoms with E-state index in [1.165, 1.54) is 0 Å². The second-order valence-corrected chi connectivity index (χ2v) is 5.99. The van der Waals surface area contributed by atoms with Gasteiger partial charge in [0.2, 0.25) is 0 Å². The number of ether oxygens (including phenoxy) is 1. The first kappa shape index (κ1) is 18.6. The Hall–Kier alpha value is -0.470. The lowest BCUT2D eigenvalue weighted by Gasteiger charge is -2.15. The second-order valence-electron chi connectivity index (χ2n) is 4.84. The maximum Gasteiger partial charge on any atom is 0.330 e. The monoisotopic (exact) mass is 392 g/mol. The Morgan fingerprint density at radius 1 is 1.29 bits per heavy atom. The Morgan fingerprint density at radius 2 is 1.90 bits per heavy atom. The average Bonchev–Trinajstić information content (AvgIpc) is 2.34. The van der Waals surface area contributed by atoms with E-state index >= 15 is 0 Å². The molecule has 1 aromatic rings. The smallest absolute Gasteiger partial charge is 0.330 e. The first-order valence-corrected chi connectivity index (χ1v) is 7.25. The van der Waals surface area contributed by atoms with Crippen LogP contribution in [0.1, 0.15) is 25.4 Å². The molecule has 3 nitrogen and oxygen atoms in total. The highest BCUT2D eigenvalue weighted by molar-refractivity contribution is 9.10. The number of aromatic nitrogens is 2. The van der Waals surface area contributed by atoms with Gasteiger partial charge in [0.05, 0.1) is 10.2 Å². The Kier molecular flexibility index (Phi) is 6.80. The van der Waals surface area contributed by atoms with Gasteiger partial charge in [-0.25, -0.2) is 18.7 Å². The van der Waals surface area contributed by atoms with Crippen molar-refractivity contribution in [1.82, 2.24) is 9.97 Å². The summed E-state index contributed by atoms with van der Waals surface area (Å²) in [5.41, 5.74) is 0.615. The summed E-state index contributed by atoms with van der Waals surface area (Å²) in [6, 6.07) is 0. The van der Waals surface area contributed by atoms with E-state index in [0.29, 0.717) is 22.5 Å². The molecule has 21 heavy (non-hydrogen) atoms. The van der Waals surface area contributed by atoms with Crippen molar-refractivity contribution in [3.63, 3.8) is 0 Å². The zero-order chi connectivity index (χ0) is 16.2. The molecule has 0 amide bonds. The lowest BCUT2D eigenvalue weighted by Crippen LogP contribution is -2.32. The van der Waals surface area contributed by atoms with Crippen molar-refractivity contribution in [2.24, 2.45) is 5.92 Å². The SMILES string of the molecule is CC(C)Cc1nc(COCC(F)(F)C(F)F)nc(Cl)c1Br. The Labute approximate surface area is 133 Å². The van der Waals surface area contributed by atoms with E-state index in [1.54, 1.807) is 0 Å². The molecule has 0 fully saturated rings. The normalized spacial score (nSPS) is 12.5. The zero-order valence-corrected chi connectivity index (χ0v) is 13.7. The molecule has 0 saturated heterocycles. The van der Waals surface area contributed by atoms with Crippen molar-refractivity contribution in [1.29, 1.82) is 0 Å². The van der Waals surface area contributed by atoms with Gasteiger partial charge in [-0.15, -0.1) is 0 Å². The van der Waals surface area contributed by atoms with E-state index < -0.39 is 25.6 Å². The molecular formula is C12H14BrClF4N2O. The van der Waals surface area contributed by atoms with E-state index in [2.05, 4.69) is 30.6 Å². The summed E-state index contributed by atoms with van der Waals surface area (Å²) >= 11 is 9.14. The van der Waals surface area contributed by atoms with Crippen LogP contribution in [-0.2, 0) is 17.8 Å². The molecular weight excluding hydrogens is 379 g/mol. The minimum Gasteiger partial charge on any atom is -0.367 e. The summed E-state index contributed by atoms with van der Waals surface area (Å²) in [7, 11) is 0. The minimum absolute atomic E-state index is 0.0731. The highest BCUT2D eigenvalue weighted by Gasteiger charge is 2.41. The van der Waals surface area contributed by atoms with Gasteiger partial charge < -0.3 is 4.74 Å². The molecule has 0 atom stereocenters. The van der Waals surface area contributed by atoms with Crippen LogP contribution >= 0.6 is 27.5 Å². The quantitative estimate of drug-likeness (QED) is 0.505. The van der Waals surface area contributed by atoms with E-state index in [0.717, 1.165) is 0 Å². The van der Waals surface area contributed by atoms with Gasteiger partial charge in [-0.3, -0.25) is 0 Å². The number of halogens is 6. The van der Waals surface area contributed by atoms with E-state index in [4.69, 9.17) is 11.6 Å². The number of rotatable bonds is 7. The standard InChI is InChI=1S/C12H14BrClF4N2O/c1-6(2)3-7-9(13)10(14)20-8(19-7)4-21-5-12(17,18)11(15)16/h6,11H,3-5H2,1-2H3. The molecule has 0 N–H and O–H groups in total. The number of nitrogens with zero attached hydrogens (tertiary/aromatic N) is 2. The predicted octanol–water partition coefficient (Wildman–Crippen LogP) is 4.51. The van der Waals surface area contributed by atoms with Crippen LogP contribution in [0.2, 0.25) is 5.15 Å². The lowest BCUT2D eigenvalue weighted by molar-refractivity contribution is -0.168. The summed E-state index contributed by atoms with van der Waals surface area (Å²) in [5, 5.41) is 0.125. The molecule has 0 unspecified atom stereocenters. The lowest BCUT2D eigenvalue weighted by atomic mass is 10.1. The second kappa shape index (κ2) is 7.69. The molecule has 1 heterocycles. The Balaban J connectivity index is 2.74. The molecule has 120 valence electrons. The summed E-state index contributed by atoms with van der Waals surface area (Å²) in [6.45, 7) is 2.13. The number of hydrogen-bond acceptors (Lipinski definition) is 3. The predicted molar refractivity (Wildman–Crippen MR) is 73.9 cm³/mol. The van der Waals surface area contributed by atoms with E-state index in [-0.39, 0.29) is 11.0 Å². The first-order valence-electron chi connectivity index (χ1n) is 6.08. The van der Waals surface area contributed by atoms with Gasteiger partial charge in [0.25, 0.3) is 0 Å². The van der Waals surface area contributed by atoms with Crippen LogP contribution in [0.4, 0.5) is 17.6 Å². The number of alkyl halides is 4.